The van der Waals surface area contributed by atoms with Gasteiger partial charge in [0.2, 0.25) is 10.0 Å². The summed E-state index contributed by atoms with van der Waals surface area (Å²) in [6.45, 7) is 0.156. The number of nitrogens with zero attached hydrogens (tertiary/aromatic N) is 2. The summed E-state index contributed by atoms with van der Waals surface area (Å²) in [6, 6.07) is 50.1. The second-order valence-corrected chi connectivity index (χ2v) is 16.0. The van der Waals surface area contributed by atoms with E-state index in [1.54, 1.807) is 30.3 Å². The Morgan fingerprint density at radius 1 is 0.750 bits per heavy atom. The highest BCUT2D eigenvalue weighted by Crippen LogP contribution is 2.38. The van der Waals surface area contributed by atoms with Crippen molar-refractivity contribution >= 4 is 38.5 Å². The number of nitrogens with one attached hydrogen (secondary N) is 1. The predicted octanol–water partition coefficient (Wildman–Crippen LogP) is 10.0. The average Bonchev–Trinajstić information content (AvgIpc) is 3.50. The Morgan fingerprint density at radius 2 is 1.38 bits per heavy atom. The molecule has 7 rings (SSSR count). The van der Waals surface area contributed by atoms with E-state index in [1.165, 1.54) is 0 Å². The van der Waals surface area contributed by atoms with Gasteiger partial charge in [-0.05, 0) is 94.6 Å². The maximum absolute atomic E-state index is 13.8. The van der Waals surface area contributed by atoms with Gasteiger partial charge in [0.1, 0.15) is 0 Å². The quantitative estimate of drug-likeness (QED) is 0.108. The molecule has 6 aromatic carbocycles. The number of hydrogen-bond acceptors (Lipinski definition) is 4. The Labute approximate surface area is 332 Å². The molecule has 0 atom stereocenters. The lowest BCUT2D eigenvalue weighted by atomic mass is 9.97. The minimum Gasteiger partial charge on any atom is -0.478 e. The van der Waals surface area contributed by atoms with Crippen molar-refractivity contribution in [1.82, 2.24) is 9.29 Å². The van der Waals surface area contributed by atoms with Crippen molar-refractivity contribution in [2.75, 3.05) is 6.54 Å². The van der Waals surface area contributed by atoms with Gasteiger partial charge in [-0.3, -0.25) is 0 Å². The van der Waals surface area contributed by atoms with Crippen LogP contribution in [0.4, 0.5) is 0 Å². The molecular weight excluding hydrogens is 738 g/mol. The van der Waals surface area contributed by atoms with Crippen LogP contribution in [-0.4, -0.2) is 30.6 Å². The number of carboxylic acids is 1. The predicted molar refractivity (Wildman–Crippen MR) is 223 cm³/mol. The van der Waals surface area contributed by atoms with E-state index in [9.17, 15) is 23.6 Å². The van der Waals surface area contributed by atoms with E-state index in [2.05, 4.69) is 39.6 Å². The van der Waals surface area contributed by atoms with Gasteiger partial charge < -0.3 is 9.67 Å². The molecule has 0 bridgehead atoms. The lowest BCUT2D eigenvalue weighted by Crippen LogP contribution is -2.28. The fourth-order valence-electron chi connectivity index (χ4n) is 7.60. The Bertz CT molecular complexity index is 2600. The van der Waals surface area contributed by atoms with Gasteiger partial charge in [-0.15, -0.1) is 0 Å². The van der Waals surface area contributed by atoms with Crippen LogP contribution < -0.4 is 4.72 Å². The number of aromatic carboxylic acids is 1. The number of halogens is 1. The summed E-state index contributed by atoms with van der Waals surface area (Å²) in [6.07, 6.45) is 2.60. The zero-order chi connectivity index (χ0) is 39.1. The van der Waals surface area contributed by atoms with Gasteiger partial charge in [0.15, 0.2) is 0 Å². The van der Waals surface area contributed by atoms with Crippen LogP contribution in [-0.2, 0) is 35.0 Å². The largest absolute Gasteiger partial charge is 0.478 e. The van der Waals surface area contributed by atoms with Crippen molar-refractivity contribution in [2.45, 2.75) is 37.5 Å². The van der Waals surface area contributed by atoms with Crippen LogP contribution in [0.25, 0.3) is 22.0 Å². The van der Waals surface area contributed by atoms with Crippen molar-refractivity contribution in [3.8, 4) is 17.2 Å². The van der Waals surface area contributed by atoms with Crippen LogP contribution >= 0.6 is 11.6 Å². The summed E-state index contributed by atoms with van der Waals surface area (Å²) in [5.74, 6) is -1.20. The molecule has 0 aliphatic rings. The molecule has 56 heavy (non-hydrogen) atoms. The number of aryl methyl sites for hydroxylation is 2. The van der Waals surface area contributed by atoms with Gasteiger partial charge in [0.25, 0.3) is 0 Å². The molecule has 7 nitrogen and oxygen atoms in total. The van der Waals surface area contributed by atoms with E-state index >= 15 is 0 Å². The number of hydrogen-bond donors (Lipinski definition) is 2. The van der Waals surface area contributed by atoms with Crippen LogP contribution in [0.2, 0.25) is 5.02 Å². The van der Waals surface area contributed by atoms with Gasteiger partial charge in [-0.1, -0.05) is 127 Å². The molecule has 0 aliphatic carbocycles. The van der Waals surface area contributed by atoms with E-state index in [4.69, 9.17) is 11.6 Å². The molecule has 2 N–H and O–H groups in total. The molecule has 0 spiro atoms. The van der Waals surface area contributed by atoms with Crippen LogP contribution in [0, 0.1) is 11.3 Å². The van der Waals surface area contributed by atoms with E-state index in [-0.39, 0.29) is 23.9 Å². The summed E-state index contributed by atoms with van der Waals surface area (Å²) in [5.41, 5.74) is 9.06. The van der Waals surface area contributed by atoms with Crippen LogP contribution in [0.5, 0.6) is 0 Å². The Hall–Kier alpha value is -5.98. The van der Waals surface area contributed by atoms with Crippen molar-refractivity contribution < 1.29 is 18.3 Å². The molecule has 0 unspecified atom stereocenters. The molecule has 0 saturated heterocycles. The zero-order valence-corrected chi connectivity index (χ0v) is 32.2. The van der Waals surface area contributed by atoms with Crippen LogP contribution in [0.1, 0.15) is 61.9 Å². The van der Waals surface area contributed by atoms with Gasteiger partial charge in [0.05, 0.1) is 29.0 Å². The molecule has 9 heteroatoms. The van der Waals surface area contributed by atoms with Gasteiger partial charge >= 0.3 is 5.97 Å². The molecule has 0 radical (unpaired) electrons. The van der Waals surface area contributed by atoms with E-state index < -0.39 is 16.0 Å². The summed E-state index contributed by atoms with van der Waals surface area (Å²) in [5, 5.41) is 20.8. The second-order valence-electron chi connectivity index (χ2n) is 13.8. The number of rotatable bonds is 15. The summed E-state index contributed by atoms with van der Waals surface area (Å²) >= 11 is 6.69. The lowest BCUT2D eigenvalue weighted by Gasteiger charge is -2.25. The van der Waals surface area contributed by atoms with Crippen LogP contribution in [0.3, 0.4) is 0 Å². The fourth-order valence-corrected chi connectivity index (χ4v) is 8.95. The first-order valence-electron chi connectivity index (χ1n) is 18.5. The van der Waals surface area contributed by atoms with E-state index in [1.807, 2.05) is 97.1 Å². The Morgan fingerprint density at radius 3 is 2.04 bits per heavy atom. The number of fused-ring (bicyclic) bond motifs is 1. The molecule has 280 valence electrons. The summed E-state index contributed by atoms with van der Waals surface area (Å²) in [7, 11) is -3.81. The van der Waals surface area contributed by atoms with Gasteiger partial charge in [-0.2, -0.15) is 5.26 Å². The molecule has 7 aromatic rings. The number of carboxylic acid groups (broad SMARTS) is 1. The third kappa shape index (κ3) is 8.61. The number of nitriles is 1. The third-order valence-electron chi connectivity index (χ3n) is 10.1. The number of sulfonamides is 1. The molecule has 0 aliphatic heterocycles. The second kappa shape index (κ2) is 17.2. The smallest absolute Gasteiger partial charge is 0.335 e. The van der Waals surface area contributed by atoms with Crippen molar-refractivity contribution in [3.05, 3.63) is 201 Å². The highest BCUT2D eigenvalue weighted by molar-refractivity contribution is 7.88. The van der Waals surface area contributed by atoms with Gasteiger partial charge in [0, 0.05) is 34.6 Å². The first-order valence-corrected chi connectivity index (χ1v) is 20.5. The molecular formula is C47H40ClN3O4S. The first-order chi connectivity index (χ1) is 27.2. The summed E-state index contributed by atoms with van der Waals surface area (Å²) in [4.78, 5) is 11.4. The minimum atomic E-state index is -3.81. The monoisotopic (exact) mass is 777 g/mol. The average molecular weight is 778 g/mol. The highest BCUT2D eigenvalue weighted by Gasteiger charge is 2.26. The van der Waals surface area contributed by atoms with Crippen molar-refractivity contribution in [1.29, 1.82) is 5.26 Å². The highest BCUT2D eigenvalue weighted by atomic mass is 35.5. The first kappa shape index (κ1) is 38.3. The van der Waals surface area contributed by atoms with Crippen molar-refractivity contribution in [2.24, 2.45) is 0 Å². The maximum atomic E-state index is 13.8. The third-order valence-corrected chi connectivity index (χ3v) is 11.7. The van der Waals surface area contributed by atoms with Crippen LogP contribution in [0.15, 0.2) is 152 Å². The van der Waals surface area contributed by atoms with E-state index in [0.29, 0.717) is 40.1 Å². The standard InChI is InChI=1S/C47H40ClN3O4S/c48-39-26-27-44-43(30-39)42(21-11-12-33-22-24-36(25-23-33)47(52)53)45(51(44)46(34-13-3-1-4-14-34)35-15-5-2-6-16-35)28-29-50-56(54,55)32-38-18-8-10-20-41(38)40-19-9-7-17-37(40)31-49/h1-10,13-20,22-27,30,46,50H,11-12,21,28-29,32H2,(H,52,53). The minimum absolute atomic E-state index is 0.156. The topological polar surface area (TPSA) is 112 Å². The Balaban J connectivity index is 1.25. The summed E-state index contributed by atoms with van der Waals surface area (Å²) < 4.78 is 33.0. The number of carbonyl (C=O) groups is 1. The maximum Gasteiger partial charge on any atom is 0.335 e. The van der Waals surface area contributed by atoms with Gasteiger partial charge in [-0.25, -0.2) is 17.9 Å². The zero-order valence-electron chi connectivity index (χ0n) is 30.6. The van der Waals surface area contributed by atoms with Crippen molar-refractivity contribution in [3.63, 3.8) is 0 Å². The fraction of sp³-hybridized carbons (Fsp3) is 0.149. The van der Waals surface area contributed by atoms with E-state index in [0.717, 1.165) is 51.7 Å². The molecule has 0 amide bonds. The molecule has 0 saturated carbocycles. The SMILES string of the molecule is N#Cc1ccccc1-c1ccccc1CS(=O)(=O)NCCc1c(CCCc2ccc(C(=O)O)cc2)c2cc(Cl)ccc2n1C(c1ccccc1)c1ccccc1. The molecule has 0 fully saturated rings. The molecule has 1 heterocycles. The lowest BCUT2D eigenvalue weighted by molar-refractivity contribution is 0.0697. The Kier molecular flexibility index (Phi) is 11.8. The number of aromatic nitrogens is 1. The normalized spacial score (nSPS) is 11.5. The number of benzene rings is 6. The molecule has 1 aromatic heterocycles.